The van der Waals surface area contributed by atoms with E-state index in [-0.39, 0.29) is 6.10 Å². The Morgan fingerprint density at radius 2 is 2.00 bits per heavy atom. The zero-order valence-corrected chi connectivity index (χ0v) is 7.76. The fraction of sp³-hybridized carbons (Fsp3) is 1.00. The van der Waals surface area contributed by atoms with Crippen LogP contribution in [0.1, 0.15) is 25.7 Å². The first-order chi connectivity index (χ1) is 5.70. The first kappa shape index (κ1) is 10.1. The summed E-state index contributed by atoms with van der Waals surface area (Å²) in [7, 11) is -2.80. The second-order valence-electron chi connectivity index (χ2n) is 2.71. The number of phosphoric acid groups is 1. The SMILES string of the molecule is COP(=O)(OF)OC1CCCC1. The van der Waals surface area contributed by atoms with E-state index >= 15 is 0 Å². The molecule has 6 heteroatoms. The molecule has 0 bridgehead atoms. The van der Waals surface area contributed by atoms with E-state index in [1.54, 1.807) is 0 Å². The van der Waals surface area contributed by atoms with Crippen LogP contribution in [0.15, 0.2) is 0 Å². The quantitative estimate of drug-likeness (QED) is 0.651. The summed E-state index contributed by atoms with van der Waals surface area (Å²) in [5.74, 6) is 0. The fourth-order valence-electron chi connectivity index (χ4n) is 1.26. The predicted molar refractivity (Wildman–Crippen MR) is 40.1 cm³/mol. The normalized spacial score (nSPS) is 24.2. The van der Waals surface area contributed by atoms with Crippen molar-refractivity contribution in [1.29, 1.82) is 0 Å². The molecule has 0 radical (unpaired) electrons. The van der Waals surface area contributed by atoms with Gasteiger partial charge in [0.15, 0.2) is 0 Å². The molecule has 1 aliphatic carbocycles. The van der Waals surface area contributed by atoms with Crippen molar-refractivity contribution in [3.05, 3.63) is 0 Å². The van der Waals surface area contributed by atoms with Gasteiger partial charge < -0.3 is 0 Å². The van der Waals surface area contributed by atoms with Gasteiger partial charge in [-0.3, -0.25) is 9.05 Å². The van der Waals surface area contributed by atoms with Crippen LogP contribution in [-0.4, -0.2) is 13.2 Å². The van der Waals surface area contributed by atoms with E-state index in [4.69, 9.17) is 4.52 Å². The van der Waals surface area contributed by atoms with Crippen LogP contribution in [0.2, 0.25) is 0 Å². The van der Waals surface area contributed by atoms with Gasteiger partial charge in [0.25, 0.3) is 0 Å². The smallest absolute Gasteiger partial charge is 0.289 e. The average molecular weight is 198 g/mol. The van der Waals surface area contributed by atoms with Gasteiger partial charge in [-0.25, -0.2) is 4.57 Å². The second kappa shape index (κ2) is 4.33. The Morgan fingerprint density at radius 3 is 2.42 bits per heavy atom. The highest BCUT2D eigenvalue weighted by Crippen LogP contribution is 2.51. The molecule has 4 nitrogen and oxygen atoms in total. The molecular formula is C6H12FO4P. The van der Waals surface area contributed by atoms with Crippen molar-refractivity contribution >= 4 is 7.82 Å². The molecule has 0 aromatic rings. The summed E-state index contributed by atoms with van der Waals surface area (Å²) < 4.78 is 35.0. The Hall–Kier alpha value is 0.0400. The van der Waals surface area contributed by atoms with Crippen molar-refractivity contribution in [2.45, 2.75) is 31.8 Å². The Balaban J connectivity index is 2.41. The zero-order chi connectivity index (χ0) is 9.03. The maximum absolute atomic E-state index is 11.7. The lowest BCUT2D eigenvalue weighted by Gasteiger charge is -2.14. The van der Waals surface area contributed by atoms with Gasteiger partial charge in [0.2, 0.25) is 0 Å². The molecule has 72 valence electrons. The first-order valence-electron chi connectivity index (χ1n) is 3.85. The zero-order valence-electron chi connectivity index (χ0n) is 6.86. The van der Waals surface area contributed by atoms with Crippen LogP contribution in [0.5, 0.6) is 0 Å². The van der Waals surface area contributed by atoms with Crippen LogP contribution in [0, 0.1) is 0 Å². The van der Waals surface area contributed by atoms with Gasteiger partial charge in [-0.2, -0.15) is 0 Å². The largest absolute Gasteiger partial charge is 0.506 e. The molecule has 0 spiro atoms. The minimum atomic E-state index is -3.90. The lowest BCUT2D eigenvalue weighted by Crippen LogP contribution is -2.06. The molecule has 0 saturated heterocycles. The number of hydrogen-bond donors (Lipinski definition) is 0. The number of rotatable bonds is 4. The first-order valence-corrected chi connectivity index (χ1v) is 5.31. The second-order valence-corrected chi connectivity index (χ2v) is 4.32. The van der Waals surface area contributed by atoms with E-state index in [9.17, 15) is 9.09 Å². The van der Waals surface area contributed by atoms with Crippen LogP contribution in [-0.2, 0) is 18.3 Å². The minimum absolute atomic E-state index is 0.188. The summed E-state index contributed by atoms with van der Waals surface area (Å²) in [6.07, 6.45) is 3.42. The number of halogens is 1. The average Bonchev–Trinajstić information content (AvgIpc) is 2.57. The maximum Gasteiger partial charge on any atom is 0.506 e. The highest BCUT2D eigenvalue weighted by atomic mass is 31.2. The molecule has 1 saturated carbocycles. The summed E-state index contributed by atoms with van der Waals surface area (Å²) in [5.41, 5.74) is 0. The molecule has 1 atom stereocenters. The molecule has 0 amide bonds. The summed E-state index contributed by atoms with van der Waals surface area (Å²) >= 11 is 0. The molecule has 0 heterocycles. The van der Waals surface area contributed by atoms with Crippen molar-refractivity contribution in [3.8, 4) is 0 Å². The molecule has 12 heavy (non-hydrogen) atoms. The van der Waals surface area contributed by atoms with Crippen LogP contribution in [0.3, 0.4) is 0 Å². The third-order valence-electron chi connectivity index (χ3n) is 1.89. The maximum atomic E-state index is 11.7. The lowest BCUT2D eigenvalue weighted by atomic mass is 10.3. The van der Waals surface area contributed by atoms with E-state index in [2.05, 4.69) is 9.25 Å². The van der Waals surface area contributed by atoms with Crippen LogP contribution < -0.4 is 0 Å². The number of phosphoric ester groups is 1. The summed E-state index contributed by atoms with van der Waals surface area (Å²) in [5, 5.41) is 0. The molecular weight excluding hydrogens is 186 g/mol. The third kappa shape index (κ3) is 2.52. The Labute approximate surface area is 70.5 Å². The standard InChI is InChI=1S/C6H12FO4P/c1-9-12(8,11-7)10-6-4-2-3-5-6/h6H,2-5H2,1H3. The van der Waals surface area contributed by atoms with Crippen LogP contribution in [0.25, 0.3) is 0 Å². The van der Waals surface area contributed by atoms with E-state index in [0.717, 1.165) is 32.8 Å². The van der Waals surface area contributed by atoms with Crippen LogP contribution >= 0.6 is 7.82 Å². The number of hydrogen-bond acceptors (Lipinski definition) is 4. The minimum Gasteiger partial charge on any atom is -0.289 e. The van der Waals surface area contributed by atoms with E-state index < -0.39 is 7.82 Å². The van der Waals surface area contributed by atoms with E-state index in [0.29, 0.717) is 0 Å². The summed E-state index contributed by atoms with van der Waals surface area (Å²) in [6, 6.07) is 0. The van der Waals surface area contributed by atoms with E-state index in [1.165, 1.54) is 0 Å². The van der Waals surface area contributed by atoms with Crippen molar-refractivity contribution in [2.24, 2.45) is 0 Å². The van der Waals surface area contributed by atoms with Gasteiger partial charge in [0, 0.05) is 7.11 Å². The highest BCUT2D eigenvalue weighted by molar-refractivity contribution is 7.48. The molecule has 0 aliphatic heterocycles. The molecule has 1 fully saturated rings. The summed E-state index contributed by atoms with van der Waals surface area (Å²) in [6.45, 7) is 0. The fourth-order valence-corrected chi connectivity index (χ4v) is 2.01. The molecule has 0 aromatic carbocycles. The molecule has 0 N–H and O–H groups in total. The monoisotopic (exact) mass is 198 g/mol. The summed E-state index contributed by atoms with van der Waals surface area (Å²) in [4.78, 5) is 0. The van der Waals surface area contributed by atoms with Gasteiger partial charge >= 0.3 is 7.82 Å². The molecule has 1 rings (SSSR count). The van der Waals surface area contributed by atoms with Crippen LogP contribution in [0.4, 0.5) is 4.53 Å². The van der Waals surface area contributed by atoms with Crippen molar-refractivity contribution < 1.29 is 22.9 Å². The Morgan fingerprint density at radius 1 is 1.42 bits per heavy atom. The van der Waals surface area contributed by atoms with Crippen molar-refractivity contribution in [2.75, 3.05) is 7.11 Å². The topological polar surface area (TPSA) is 44.8 Å². The van der Waals surface area contributed by atoms with Crippen molar-refractivity contribution in [1.82, 2.24) is 0 Å². The van der Waals surface area contributed by atoms with Gasteiger partial charge in [-0.05, 0) is 17.4 Å². The molecule has 1 aliphatic rings. The Bertz CT molecular complexity index is 172. The third-order valence-corrected chi connectivity index (χ3v) is 3.06. The Kier molecular flexibility index (Phi) is 3.65. The van der Waals surface area contributed by atoms with Gasteiger partial charge in [-0.1, -0.05) is 17.6 Å². The lowest BCUT2D eigenvalue weighted by molar-refractivity contribution is -0.0602. The van der Waals surface area contributed by atoms with Gasteiger partial charge in [0.1, 0.15) is 0 Å². The van der Waals surface area contributed by atoms with Gasteiger partial charge in [-0.15, -0.1) is 0 Å². The van der Waals surface area contributed by atoms with Gasteiger partial charge in [0.05, 0.1) is 6.10 Å². The molecule has 1 unspecified atom stereocenters. The molecule has 0 aromatic heterocycles. The predicted octanol–water partition coefficient (Wildman–Crippen LogP) is 2.60. The van der Waals surface area contributed by atoms with Crippen molar-refractivity contribution in [3.63, 3.8) is 0 Å². The van der Waals surface area contributed by atoms with E-state index in [1.807, 2.05) is 0 Å². The highest BCUT2D eigenvalue weighted by Gasteiger charge is 2.32.